The highest BCUT2D eigenvalue weighted by Gasteiger charge is 2.14. The number of benzene rings is 2. The molecule has 3 rings (SSSR count). The van der Waals surface area contributed by atoms with Gasteiger partial charge in [-0.2, -0.15) is 0 Å². The van der Waals surface area contributed by atoms with E-state index in [0.717, 1.165) is 10.9 Å². The van der Waals surface area contributed by atoms with Gasteiger partial charge in [0.2, 0.25) is 0 Å². The molecular formula is C20H16ClFN2O3. The highest BCUT2D eigenvalue weighted by molar-refractivity contribution is 6.29. The van der Waals surface area contributed by atoms with E-state index in [2.05, 4.69) is 4.98 Å². The van der Waals surface area contributed by atoms with Crippen LogP contribution in [-0.4, -0.2) is 35.4 Å². The van der Waals surface area contributed by atoms with Crippen LogP contribution in [0.4, 0.5) is 4.39 Å². The summed E-state index contributed by atoms with van der Waals surface area (Å²) in [5, 5.41) is 1.11. The second-order valence-corrected chi connectivity index (χ2v) is 6.38. The van der Waals surface area contributed by atoms with E-state index in [0.29, 0.717) is 22.8 Å². The Balaban J connectivity index is 1.58. The van der Waals surface area contributed by atoms with Gasteiger partial charge >= 0.3 is 5.97 Å². The first kappa shape index (κ1) is 18.8. The minimum atomic E-state index is -0.601. The highest BCUT2D eigenvalue weighted by atomic mass is 35.5. The number of hydrogen-bond acceptors (Lipinski definition) is 4. The van der Waals surface area contributed by atoms with E-state index in [1.54, 1.807) is 49.5 Å². The molecule has 1 aromatic heterocycles. The molecule has 2 aromatic carbocycles. The van der Waals surface area contributed by atoms with Gasteiger partial charge in [-0.25, -0.2) is 14.2 Å². The van der Waals surface area contributed by atoms with E-state index in [-0.39, 0.29) is 18.3 Å². The Morgan fingerprint density at radius 3 is 2.59 bits per heavy atom. The number of ether oxygens (including phenoxy) is 1. The standard InChI is InChI=1S/C20H16ClFN2O3/c1-24(11-13-2-6-16(22)7-3-13)19(25)12-27-20(26)15-4-8-17-14(10-15)5-9-18(21)23-17/h2-10H,11-12H2,1H3. The van der Waals surface area contributed by atoms with Gasteiger partial charge in [0.05, 0.1) is 11.1 Å². The minimum Gasteiger partial charge on any atom is -0.452 e. The number of carbonyl (C=O) groups excluding carboxylic acids is 2. The Kier molecular flexibility index (Phi) is 5.66. The van der Waals surface area contributed by atoms with E-state index >= 15 is 0 Å². The Morgan fingerprint density at radius 1 is 1.11 bits per heavy atom. The third-order valence-corrected chi connectivity index (χ3v) is 4.19. The van der Waals surface area contributed by atoms with Gasteiger partial charge in [0.15, 0.2) is 6.61 Å². The van der Waals surface area contributed by atoms with Crippen molar-refractivity contribution in [1.29, 1.82) is 0 Å². The smallest absolute Gasteiger partial charge is 0.338 e. The Hall–Kier alpha value is -2.99. The van der Waals surface area contributed by atoms with Gasteiger partial charge in [0, 0.05) is 19.0 Å². The van der Waals surface area contributed by atoms with Crippen molar-refractivity contribution >= 4 is 34.4 Å². The SMILES string of the molecule is CN(Cc1ccc(F)cc1)C(=O)COC(=O)c1ccc2nc(Cl)ccc2c1. The van der Waals surface area contributed by atoms with E-state index in [1.807, 2.05) is 0 Å². The molecule has 0 saturated carbocycles. The maximum atomic E-state index is 12.9. The van der Waals surface area contributed by atoms with Crippen molar-refractivity contribution in [2.45, 2.75) is 6.54 Å². The second-order valence-electron chi connectivity index (χ2n) is 5.99. The number of carbonyl (C=O) groups is 2. The lowest BCUT2D eigenvalue weighted by Crippen LogP contribution is -2.30. The summed E-state index contributed by atoms with van der Waals surface area (Å²) in [6.45, 7) is -0.0908. The maximum Gasteiger partial charge on any atom is 0.338 e. The molecule has 0 aliphatic rings. The second kappa shape index (κ2) is 8.14. The molecule has 3 aromatic rings. The van der Waals surface area contributed by atoms with Crippen LogP contribution in [0.25, 0.3) is 10.9 Å². The molecule has 0 bridgehead atoms. The quantitative estimate of drug-likeness (QED) is 0.493. The molecule has 27 heavy (non-hydrogen) atoms. The van der Waals surface area contributed by atoms with Crippen molar-refractivity contribution < 1.29 is 18.7 Å². The maximum absolute atomic E-state index is 12.9. The molecule has 0 spiro atoms. The third-order valence-electron chi connectivity index (χ3n) is 3.98. The van der Waals surface area contributed by atoms with Crippen LogP contribution in [0, 0.1) is 5.82 Å². The molecule has 0 unspecified atom stereocenters. The summed E-state index contributed by atoms with van der Waals surface area (Å²) < 4.78 is 18.0. The van der Waals surface area contributed by atoms with Crippen LogP contribution >= 0.6 is 11.6 Å². The zero-order chi connectivity index (χ0) is 19.4. The van der Waals surface area contributed by atoms with Gasteiger partial charge in [-0.3, -0.25) is 4.79 Å². The fourth-order valence-corrected chi connectivity index (χ4v) is 2.65. The first-order valence-corrected chi connectivity index (χ1v) is 8.52. The van der Waals surface area contributed by atoms with Gasteiger partial charge in [0.25, 0.3) is 5.91 Å². The molecule has 5 nitrogen and oxygen atoms in total. The predicted molar refractivity (Wildman–Crippen MR) is 99.9 cm³/mol. The summed E-state index contributed by atoms with van der Waals surface area (Å²) in [6.07, 6.45) is 0. The zero-order valence-electron chi connectivity index (χ0n) is 14.5. The minimum absolute atomic E-state index is 0.291. The molecule has 7 heteroatoms. The molecule has 0 saturated heterocycles. The summed E-state index contributed by atoms with van der Waals surface area (Å²) in [6, 6.07) is 14.1. The first-order chi connectivity index (χ1) is 12.9. The van der Waals surface area contributed by atoms with Gasteiger partial charge in [-0.1, -0.05) is 23.7 Å². The third kappa shape index (κ3) is 4.80. The molecular weight excluding hydrogens is 371 g/mol. The number of amides is 1. The van der Waals surface area contributed by atoms with Crippen LogP contribution in [-0.2, 0) is 16.1 Å². The topological polar surface area (TPSA) is 59.5 Å². The van der Waals surface area contributed by atoms with E-state index in [9.17, 15) is 14.0 Å². The largest absolute Gasteiger partial charge is 0.452 e. The fourth-order valence-electron chi connectivity index (χ4n) is 2.50. The van der Waals surface area contributed by atoms with Gasteiger partial charge in [-0.05, 0) is 48.0 Å². The summed E-state index contributed by atoms with van der Waals surface area (Å²) in [5.74, 6) is -1.30. The summed E-state index contributed by atoms with van der Waals surface area (Å²) in [7, 11) is 1.59. The molecule has 138 valence electrons. The molecule has 0 N–H and O–H groups in total. The Morgan fingerprint density at radius 2 is 1.85 bits per heavy atom. The van der Waals surface area contributed by atoms with Gasteiger partial charge in [-0.15, -0.1) is 0 Å². The van der Waals surface area contributed by atoms with Crippen molar-refractivity contribution in [2.24, 2.45) is 0 Å². The monoisotopic (exact) mass is 386 g/mol. The highest BCUT2D eigenvalue weighted by Crippen LogP contribution is 2.17. The lowest BCUT2D eigenvalue weighted by molar-refractivity contribution is -0.133. The van der Waals surface area contributed by atoms with E-state index in [1.165, 1.54) is 17.0 Å². The number of esters is 1. The fraction of sp³-hybridized carbons (Fsp3) is 0.150. The number of rotatable bonds is 5. The summed E-state index contributed by atoms with van der Waals surface area (Å²) >= 11 is 5.84. The van der Waals surface area contributed by atoms with E-state index in [4.69, 9.17) is 16.3 Å². The van der Waals surface area contributed by atoms with Crippen LogP contribution in [0.5, 0.6) is 0 Å². The van der Waals surface area contributed by atoms with Crippen molar-refractivity contribution in [3.05, 3.63) is 76.7 Å². The number of nitrogens with zero attached hydrogens (tertiary/aromatic N) is 2. The van der Waals surface area contributed by atoms with Crippen molar-refractivity contribution in [3.8, 4) is 0 Å². The molecule has 1 heterocycles. The van der Waals surface area contributed by atoms with Crippen LogP contribution in [0.15, 0.2) is 54.6 Å². The summed E-state index contributed by atoms with van der Waals surface area (Å²) in [5.41, 5.74) is 1.76. The zero-order valence-corrected chi connectivity index (χ0v) is 15.2. The first-order valence-electron chi connectivity index (χ1n) is 8.14. The number of halogens is 2. The van der Waals surface area contributed by atoms with Crippen LogP contribution in [0.3, 0.4) is 0 Å². The molecule has 0 aliphatic carbocycles. The average molecular weight is 387 g/mol. The predicted octanol–water partition coefficient (Wildman–Crippen LogP) is 3.84. The molecule has 0 atom stereocenters. The van der Waals surface area contributed by atoms with Crippen molar-refractivity contribution in [3.63, 3.8) is 0 Å². The van der Waals surface area contributed by atoms with Crippen LogP contribution in [0.2, 0.25) is 5.15 Å². The van der Waals surface area contributed by atoms with Crippen LogP contribution < -0.4 is 0 Å². The average Bonchev–Trinajstić information content (AvgIpc) is 2.67. The Bertz CT molecular complexity index is 992. The number of likely N-dealkylation sites (N-methyl/N-ethyl adjacent to an activating group) is 1. The Labute approximate surface area is 160 Å². The van der Waals surface area contributed by atoms with Crippen LogP contribution in [0.1, 0.15) is 15.9 Å². The lowest BCUT2D eigenvalue weighted by atomic mass is 10.1. The van der Waals surface area contributed by atoms with Gasteiger partial charge < -0.3 is 9.64 Å². The van der Waals surface area contributed by atoms with Crippen molar-refractivity contribution in [1.82, 2.24) is 9.88 Å². The summed E-state index contributed by atoms with van der Waals surface area (Å²) in [4.78, 5) is 29.9. The number of fused-ring (bicyclic) bond motifs is 1. The number of aromatic nitrogens is 1. The van der Waals surface area contributed by atoms with Gasteiger partial charge in [0.1, 0.15) is 11.0 Å². The molecule has 0 aliphatic heterocycles. The number of hydrogen-bond donors (Lipinski definition) is 0. The molecule has 0 radical (unpaired) electrons. The lowest BCUT2D eigenvalue weighted by Gasteiger charge is -2.17. The normalized spacial score (nSPS) is 10.6. The number of pyridine rings is 1. The van der Waals surface area contributed by atoms with Crippen molar-refractivity contribution in [2.75, 3.05) is 13.7 Å². The van der Waals surface area contributed by atoms with E-state index < -0.39 is 5.97 Å². The molecule has 1 amide bonds. The molecule has 0 fully saturated rings.